The van der Waals surface area contributed by atoms with Gasteiger partial charge in [-0.15, -0.1) is 0 Å². The predicted molar refractivity (Wildman–Crippen MR) is 150 cm³/mol. The topological polar surface area (TPSA) is 96.0 Å². The largest absolute Gasteiger partial charge is 0.354 e. The normalized spacial score (nSPS) is 18.0. The standard InChI is InChI=1S/C29H33N5O2S/c1-21-11-17-25(18-12-21)37(35,36)31-20-23-15-13-22(14-16-23)19-30-29-33-27-10-6-5-9-26(27)28(34-29)32-24-7-3-2-4-8-24/h2-12,17-18,22-23,31H,13-16,19-20H2,1H3,(H2,30,32,33,34)/t22-,23-. The Morgan fingerprint density at radius 2 is 1.43 bits per heavy atom. The average molecular weight is 516 g/mol. The van der Waals surface area contributed by atoms with Gasteiger partial charge in [-0.3, -0.25) is 0 Å². The number of aromatic nitrogens is 2. The van der Waals surface area contributed by atoms with E-state index in [4.69, 9.17) is 9.97 Å². The highest BCUT2D eigenvalue weighted by molar-refractivity contribution is 7.89. The molecule has 0 aliphatic heterocycles. The molecule has 1 saturated carbocycles. The lowest BCUT2D eigenvalue weighted by molar-refractivity contribution is 0.284. The second-order valence-electron chi connectivity index (χ2n) is 9.84. The van der Waals surface area contributed by atoms with Crippen molar-refractivity contribution < 1.29 is 8.42 Å². The molecule has 192 valence electrons. The van der Waals surface area contributed by atoms with E-state index in [9.17, 15) is 8.42 Å². The van der Waals surface area contributed by atoms with E-state index in [1.807, 2.05) is 73.7 Å². The molecule has 0 unspecified atom stereocenters. The summed E-state index contributed by atoms with van der Waals surface area (Å²) in [6, 6.07) is 25.0. The third-order valence-corrected chi connectivity index (χ3v) is 8.49. The molecule has 7 nitrogen and oxygen atoms in total. The summed E-state index contributed by atoms with van der Waals surface area (Å²) in [6.07, 6.45) is 4.10. The molecular weight excluding hydrogens is 482 g/mol. The van der Waals surface area contributed by atoms with E-state index in [0.29, 0.717) is 29.2 Å². The first-order valence-electron chi connectivity index (χ1n) is 12.9. The van der Waals surface area contributed by atoms with Gasteiger partial charge in [0.1, 0.15) is 5.82 Å². The molecule has 0 bridgehead atoms. The average Bonchev–Trinajstić information content (AvgIpc) is 2.92. The molecule has 1 aliphatic carbocycles. The minimum Gasteiger partial charge on any atom is -0.354 e. The number of para-hydroxylation sites is 2. The summed E-state index contributed by atoms with van der Waals surface area (Å²) in [7, 11) is -3.47. The number of benzene rings is 3. The van der Waals surface area contributed by atoms with Crippen LogP contribution in [0.2, 0.25) is 0 Å². The van der Waals surface area contributed by atoms with Crippen molar-refractivity contribution in [2.45, 2.75) is 37.5 Å². The second kappa shape index (κ2) is 11.3. The maximum absolute atomic E-state index is 12.6. The highest BCUT2D eigenvalue weighted by Crippen LogP contribution is 2.30. The van der Waals surface area contributed by atoms with Crippen LogP contribution in [0, 0.1) is 18.8 Å². The highest BCUT2D eigenvalue weighted by Gasteiger charge is 2.23. The fraction of sp³-hybridized carbons (Fsp3) is 0.310. The predicted octanol–water partition coefficient (Wildman–Crippen LogP) is 5.88. The SMILES string of the molecule is Cc1ccc(S(=O)(=O)NC[C@H]2CC[C@H](CNc3nc(Nc4ccccc4)c4ccccc4n3)CC2)cc1. The third-order valence-electron chi connectivity index (χ3n) is 7.05. The molecule has 8 heteroatoms. The molecule has 3 aromatic carbocycles. The summed E-state index contributed by atoms with van der Waals surface area (Å²) >= 11 is 0. The molecule has 0 saturated heterocycles. The molecule has 0 radical (unpaired) electrons. The summed E-state index contributed by atoms with van der Waals surface area (Å²) in [5.74, 6) is 2.26. The van der Waals surface area contributed by atoms with Crippen LogP contribution in [-0.2, 0) is 10.0 Å². The Labute approximate surface area is 218 Å². The monoisotopic (exact) mass is 515 g/mol. The number of hydrogen-bond acceptors (Lipinski definition) is 6. The first-order chi connectivity index (χ1) is 18.0. The number of rotatable bonds is 9. The smallest absolute Gasteiger partial charge is 0.240 e. The Morgan fingerprint density at radius 3 is 2.16 bits per heavy atom. The Kier molecular flexibility index (Phi) is 7.67. The zero-order valence-electron chi connectivity index (χ0n) is 21.0. The Balaban J connectivity index is 1.15. The van der Waals surface area contributed by atoms with Gasteiger partial charge in [-0.05, 0) is 80.8 Å². The Morgan fingerprint density at radius 1 is 0.784 bits per heavy atom. The molecule has 1 heterocycles. The van der Waals surface area contributed by atoms with E-state index in [1.54, 1.807) is 12.1 Å². The van der Waals surface area contributed by atoms with Crippen LogP contribution < -0.4 is 15.4 Å². The van der Waals surface area contributed by atoms with Crippen molar-refractivity contribution in [3.05, 3.63) is 84.4 Å². The van der Waals surface area contributed by atoms with Gasteiger partial charge in [0.25, 0.3) is 0 Å². The minimum absolute atomic E-state index is 0.326. The number of aryl methyl sites for hydroxylation is 1. The molecule has 4 aromatic rings. The lowest BCUT2D eigenvalue weighted by Crippen LogP contribution is -2.32. The summed E-state index contributed by atoms with van der Waals surface area (Å²) in [5.41, 5.74) is 2.92. The van der Waals surface area contributed by atoms with Crippen molar-refractivity contribution in [1.29, 1.82) is 0 Å². The minimum atomic E-state index is -3.47. The van der Waals surface area contributed by atoms with E-state index >= 15 is 0 Å². The first-order valence-corrected chi connectivity index (χ1v) is 14.3. The van der Waals surface area contributed by atoms with Crippen LogP contribution in [0.1, 0.15) is 31.2 Å². The van der Waals surface area contributed by atoms with Gasteiger partial charge in [0.15, 0.2) is 0 Å². The molecule has 37 heavy (non-hydrogen) atoms. The quantitative estimate of drug-likeness (QED) is 0.258. The van der Waals surface area contributed by atoms with Gasteiger partial charge in [-0.2, -0.15) is 4.98 Å². The number of hydrogen-bond donors (Lipinski definition) is 3. The van der Waals surface area contributed by atoms with Crippen LogP contribution in [0.5, 0.6) is 0 Å². The first kappa shape index (κ1) is 25.2. The van der Waals surface area contributed by atoms with Crippen molar-refractivity contribution in [3.8, 4) is 0 Å². The Bertz CT molecular complexity index is 1430. The number of anilines is 3. The molecule has 3 N–H and O–H groups in total. The van der Waals surface area contributed by atoms with E-state index in [1.165, 1.54) is 0 Å². The molecule has 0 amide bonds. The highest BCUT2D eigenvalue weighted by atomic mass is 32.2. The van der Waals surface area contributed by atoms with Gasteiger partial charge in [0, 0.05) is 24.2 Å². The van der Waals surface area contributed by atoms with Gasteiger partial charge < -0.3 is 10.6 Å². The molecular formula is C29H33N5O2S. The molecule has 0 spiro atoms. The molecule has 1 aromatic heterocycles. The summed E-state index contributed by atoms with van der Waals surface area (Å²) < 4.78 is 28.0. The van der Waals surface area contributed by atoms with Crippen molar-refractivity contribution in [2.24, 2.45) is 11.8 Å². The van der Waals surface area contributed by atoms with Crippen LogP contribution in [-0.4, -0.2) is 31.5 Å². The van der Waals surface area contributed by atoms with Gasteiger partial charge in [-0.1, -0.05) is 48.0 Å². The van der Waals surface area contributed by atoms with Crippen LogP contribution in [0.15, 0.2) is 83.8 Å². The zero-order valence-corrected chi connectivity index (χ0v) is 21.8. The van der Waals surface area contributed by atoms with Crippen molar-refractivity contribution in [3.63, 3.8) is 0 Å². The van der Waals surface area contributed by atoms with E-state index < -0.39 is 10.0 Å². The Hall–Kier alpha value is -3.49. The van der Waals surface area contributed by atoms with Crippen molar-refractivity contribution in [1.82, 2.24) is 14.7 Å². The third kappa shape index (κ3) is 6.45. The van der Waals surface area contributed by atoms with Gasteiger partial charge in [-0.25, -0.2) is 18.1 Å². The molecule has 1 aliphatic rings. The fourth-order valence-electron chi connectivity index (χ4n) is 4.81. The maximum atomic E-state index is 12.6. The lowest BCUT2D eigenvalue weighted by atomic mass is 9.82. The van der Waals surface area contributed by atoms with E-state index in [-0.39, 0.29) is 0 Å². The van der Waals surface area contributed by atoms with Crippen molar-refractivity contribution in [2.75, 3.05) is 23.7 Å². The summed E-state index contributed by atoms with van der Waals surface area (Å²) in [5, 5.41) is 7.86. The van der Waals surface area contributed by atoms with Gasteiger partial charge in [0.2, 0.25) is 16.0 Å². The number of nitrogens with zero attached hydrogens (tertiary/aromatic N) is 2. The van der Waals surface area contributed by atoms with Gasteiger partial charge in [0.05, 0.1) is 10.4 Å². The van der Waals surface area contributed by atoms with Crippen LogP contribution in [0.3, 0.4) is 0 Å². The van der Waals surface area contributed by atoms with Crippen LogP contribution in [0.4, 0.5) is 17.5 Å². The molecule has 1 fully saturated rings. The summed E-state index contributed by atoms with van der Waals surface area (Å²) in [4.78, 5) is 9.83. The van der Waals surface area contributed by atoms with Crippen LogP contribution >= 0.6 is 0 Å². The van der Waals surface area contributed by atoms with Crippen LogP contribution in [0.25, 0.3) is 10.9 Å². The van der Waals surface area contributed by atoms with Gasteiger partial charge >= 0.3 is 0 Å². The van der Waals surface area contributed by atoms with Crippen molar-refractivity contribution >= 4 is 38.4 Å². The molecule has 5 rings (SSSR count). The van der Waals surface area contributed by atoms with E-state index in [0.717, 1.165) is 60.2 Å². The maximum Gasteiger partial charge on any atom is 0.240 e. The number of sulfonamides is 1. The second-order valence-corrected chi connectivity index (χ2v) is 11.6. The molecule has 0 atom stereocenters. The van der Waals surface area contributed by atoms with E-state index in [2.05, 4.69) is 15.4 Å². The lowest BCUT2D eigenvalue weighted by Gasteiger charge is -2.28. The summed E-state index contributed by atoms with van der Waals surface area (Å²) in [6.45, 7) is 3.23. The zero-order chi connectivity index (χ0) is 25.7. The fourth-order valence-corrected chi connectivity index (χ4v) is 5.93. The number of nitrogens with one attached hydrogen (secondary N) is 3. The number of fused-ring (bicyclic) bond motifs is 1.